The van der Waals surface area contributed by atoms with Crippen LogP contribution in [-0.2, 0) is 23.5 Å². The van der Waals surface area contributed by atoms with Crippen molar-refractivity contribution in [3.63, 3.8) is 0 Å². The van der Waals surface area contributed by atoms with Crippen LogP contribution >= 0.6 is 0 Å². The molecule has 1 N–H and O–H groups in total. The van der Waals surface area contributed by atoms with Gasteiger partial charge in [-0.05, 0) is 18.1 Å². The Morgan fingerprint density at radius 2 is 1.81 bits per heavy atom. The van der Waals surface area contributed by atoms with Crippen molar-refractivity contribution in [2.45, 2.75) is 38.5 Å². The maximum Gasteiger partial charge on any atom is 0.268 e. The number of amides is 1. The number of aromatic nitrogens is 3. The highest BCUT2D eigenvalue weighted by Crippen LogP contribution is 2.44. The predicted octanol–water partition coefficient (Wildman–Crippen LogP) is 2.86. The average molecular weight is 362 g/mol. The molecule has 1 aliphatic rings. The van der Waals surface area contributed by atoms with Crippen LogP contribution in [0.25, 0.3) is 0 Å². The molecule has 4 rings (SSSR count). The minimum absolute atomic E-state index is 0.275. The standard InChI is InChI=1S/C21H22N4O2/c1-2-3-13-24-14-17(22-23-24)15-25-19-12-8-7-11-18(19)21(27,20(25)26)16-9-5-4-6-10-16/h4-12,14,27H,2-3,13,15H2,1H3/t21-/m0/s1. The molecule has 0 fully saturated rings. The quantitative estimate of drug-likeness (QED) is 0.732. The van der Waals surface area contributed by atoms with E-state index in [-0.39, 0.29) is 12.5 Å². The zero-order chi connectivity index (χ0) is 18.9. The molecule has 1 aliphatic heterocycles. The number of para-hydroxylation sites is 1. The van der Waals surface area contributed by atoms with Crippen LogP contribution < -0.4 is 4.90 Å². The van der Waals surface area contributed by atoms with Gasteiger partial charge in [-0.1, -0.05) is 67.1 Å². The summed E-state index contributed by atoms with van der Waals surface area (Å²) in [6.07, 6.45) is 3.98. The molecule has 0 radical (unpaired) electrons. The van der Waals surface area contributed by atoms with E-state index in [0.29, 0.717) is 22.5 Å². The number of hydrogen-bond acceptors (Lipinski definition) is 4. The molecule has 27 heavy (non-hydrogen) atoms. The number of aliphatic hydroxyl groups is 1. The third-order valence-electron chi connectivity index (χ3n) is 4.98. The van der Waals surface area contributed by atoms with Gasteiger partial charge < -0.3 is 10.0 Å². The van der Waals surface area contributed by atoms with Crippen molar-refractivity contribution in [1.29, 1.82) is 0 Å². The van der Waals surface area contributed by atoms with Crippen LogP contribution in [0, 0.1) is 0 Å². The van der Waals surface area contributed by atoms with E-state index in [9.17, 15) is 9.90 Å². The molecule has 0 saturated carbocycles. The van der Waals surface area contributed by atoms with E-state index in [2.05, 4.69) is 17.2 Å². The van der Waals surface area contributed by atoms with Gasteiger partial charge >= 0.3 is 0 Å². The summed E-state index contributed by atoms with van der Waals surface area (Å²) in [5, 5.41) is 19.8. The van der Waals surface area contributed by atoms with Crippen LogP contribution in [0.5, 0.6) is 0 Å². The van der Waals surface area contributed by atoms with E-state index in [1.165, 1.54) is 0 Å². The normalized spacial score (nSPS) is 18.7. The Morgan fingerprint density at radius 3 is 2.59 bits per heavy atom. The minimum atomic E-state index is -1.68. The lowest BCUT2D eigenvalue weighted by molar-refractivity contribution is -0.132. The Bertz CT molecular complexity index is 954. The first-order valence-electron chi connectivity index (χ1n) is 9.23. The van der Waals surface area contributed by atoms with Gasteiger partial charge in [0.1, 0.15) is 5.69 Å². The van der Waals surface area contributed by atoms with Crippen molar-refractivity contribution in [1.82, 2.24) is 15.0 Å². The van der Waals surface area contributed by atoms with Gasteiger partial charge in [0.15, 0.2) is 5.60 Å². The van der Waals surface area contributed by atoms with Crippen molar-refractivity contribution >= 4 is 11.6 Å². The molecule has 3 aromatic rings. The number of nitrogens with zero attached hydrogens (tertiary/aromatic N) is 4. The van der Waals surface area contributed by atoms with E-state index in [1.807, 2.05) is 42.6 Å². The summed E-state index contributed by atoms with van der Waals surface area (Å²) in [6.45, 7) is 3.21. The fourth-order valence-electron chi connectivity index (χ4n) is 3.55. The van der Waals surface area contributed by atoms with E-state index in [4.69, 9.17) is 0 Å². The lowest BCUT2D eigenvalue weighted by Gasteiger charge is -2.23. The number of carbonyl (C=O) groups is 1. The van der Waals surface area contributed by atoms with Crippen LogP contribution in [0.4, 0.5) is 5.69 Å². The molecule has 1 atom stereocenters. The Labute approximate surface area is 158 Å². The van der Waals surface area contributed by atoms with Gasteiger partial charge in [-0.3, -0.25) is 9.48 Å². The number of unbranched alkanes of at least 4 members (excludes halogenated alkanes) is 1. The molecular weight excluding hydrogens is 340 g/mol. The first kappa shape index (κ1) is 17.4. The second kappa shape index (κ2) is 6.96. The number of aryl methyl sites for hydroxylation is 1. The number of fused-ring (bicyclic) bond motifs is 1. The molecule has 0 saturated heterocycles. The highest BCUT2D eigenvalue weighted by molar-refractivity contribution is 6.08. The summed E-state index contributed by atoms with van der Waals surface area (Å²) in [5.74, 6) is -0.363. The maximum atomic E-state index is 13.3. The zero-order valence-electron chi connectivity index (χ0n) is 15.2. The van der Waals surface area contributed by atoms with Crippen LogP contribution in [0.3, 0.4) is 0 Å². The van der Waals surface area contributed by atoms with Crippen molar-refractivity contribution in [2.75, 3.05) is 4.90 Å². The molecule has 2 aromatic carbocycles. The highest BCUT2D eigenvalue weighted by Gasteiger charge is 2.50. The lowest BCUT2D eigenvalue weighted by atomic mass is 9.88. The third-order valence-corrected chi connectivity index (χ3v) is 4.98. The average Bonchev–Trinajstić information content (AvgIpc) is 3.25. The van der Waals surface area contributed by atoms with Gasteiger partial charge in [-0.15, -0.1) is 5.10 Å². The second-order valence-corrected chi connectivity index (χ2v) is 6.81. The van der Waals surface area contributed by atoms with Gasteiger partial charge in [-0.25, -0.2) is 0 Å². The van der Waals surface area contributed by atoms with Crippen LogP contribution in [-0.4, -0.2) is 26.0 Å². The maximum absolute atomic E-state index is 13.3. The van der Waals surface area contributed by atoms with Crippen LogP contribution in [0.2, 0.25) is 0 Å². The fraction of sp³-hybridized carbons (Fsp3) is 0.286. The Kier molecular flexibility index (Phi) is 4.49. The first-order valence-corrected chi connectivity index (χ1v) is 9.23. The molecule has 2 heterocycles. The number of rotatable bonds is 6. The van der Waals surface area contributed by atoms with Crippen molar-refractivity contribution in [3.8, 4) is 0 Å². The number of anilines is 1. The zero-order valence-corrected chi connectivity index (χ0v) is 15.2. The Hall–Kier alpha value is -2.99. The summed E-state index contributed by atoms with van der Waals surface area (Å²) in [4.78, 5) is 14.9. The summed E-state index contributed by atoms with van der Waals surface area (Å²) in [7, 11) is 0. The Balaban J connectivity index is 1.69. The molecular formula is C21H22N4O2. The molecule has 0 spiro atoms. The number of hydrogen-bond donors (Lipinski definition) is 1. The van der Waals surface area contributed by atoms with Gasteiger partial charge in [0, 0.05) is 12.1 Å². The van der Waals surface area contributed by atoms with Crippen LogP contribution in [0.15, 0.2) is 60.8 Å². The molecule has 0 aliphatic carbocycles. The van der Waals surface area contributed by atoms with E-state index >= 15 is 0 Å². The minimum Gasteiger partial charge on any atom is -0.372 e. The first-order chi connectivity index (χ1) is 13.1. The van der Waals surface area contributed by atoms with Crippen molar-refractivity contribution < 1.29 is 9.90 Å². The van der Waals surface area contributed by atoms with Gasteiger partial charge in [0.25, 0.3) is 5.91 Å². The molecule has 1 amide bonds. The smallest absolute Gasteiger partial charge is 0.268 e. The van der Waals surface area contributed by atoms with E-state index in [1.54, 1.807) is 27.8 Å². The van der Waals surface area contributed by atoms with Gasteiger partial charge in [0.05, 0.1) is 18.4 Å². The fourth-order valence-corrected chi connectivity index (χ4v) is 3.55. The monoisotopic (exact) mass is 362 g/mol. The summed E-state index contributed by atoms with van der Waals surface area (Å²) >= 11 is 0. The number of benzene rings is 2. The highest BCUT2D eigenvalue weighted by atomic mass is 16.3. The van der Waals surface area contributed by atoms with E-state index in [0.717, 1.165) is 19.4 Å². The topological polar surface area (TPSA) is 71.2 Å². The molecule has 0 unspecified atom stereocenters. The van der Waals surface area contributed by atoms with Crippen molar-refractivity contribution in [3.05, 3.63) is 77.6 Å². The third kappa shape index (κ3) is 2.92. The molecule has 6 nitrogen and oxygen atoms in total. The summed E-state index contributed by atoms with van der Waals surface area (Å²) in [5.41, 5.74) is 0.885. The lowest BCUT2D eigenvalue weighted by Crippen LogP contribution is -2.40. The summed E-state index contributed by atoms with van der Waals surface area (Å²) in [6, 6.07) is 16.4. The van der Waals surface area contributed by atoms with E-state index < -0.39 is 5.60 Å². The summed E-state index contributed by atoms with van der Waals surface area (Å²) < 4.78 is 1.80. The second-order valence-electron chi connectivity index (χ2n) is 6.81. The van der Waals surface area contributed by atoms with Gasteiger partial charge in [-0.2, -0.15) is 0 Å². The predicted molar refractivity (Wildman–Crippen MR) is 102 cm³/mol. The van der Waals surface area contributed by atoms with Crippen LogP contribution in [0.1, 0.15) is 36.6 Å². The number of carbonyl (C=O) groups excluding carboxylic acids is 1. The Morgan fingerprint density at radius 1 is 1.07 bits per heavy atom. The van der Waals surface area contributed by atoms with Gasteiger partial charge in [0.2, 0.25) is 0 Å². The molecule has 6 heteroatoms. The SMILES string of the molecule is CCCCn1cc(CN2C(=O)[C@](O)(c3ccccc3)c3ccccc32)nn1. The molecule has 0 bridgehead atoms. The molecule has 138 valence electrons. The molecule has 1 aromatic heterocycles. The van der Waals surface area contributed by atoms with Crippen molar-refractivity contribution in [2.24, 2.45) is 0 Å². The largest absolute Gasteiger partial charge is 0.372 e.